The first-order chi connectivity index (χ1) is 18.7. The zero-order valence-corrected chi connectivity index (χ0v) is 21.7. The van der Waals surface area contributed by atoms with E-state index in [9.17, 15) is 19.6 Å². The molecule has 12 heteroatoms. The molecule has 0 unspecified atom stereocenters. The maximum atomic E-state index is 14.3. The summed E-state index contributed by atoms with van der Waals surface area (Å²) in [6, 6.07) is 9.48. The van der Waals surface area contributed by atoms with Gasteiger partial charge in [0.15, 0.2) is 0 Å². The highest BCUT2D eigenvalue weighted by Gasteiger charge is 2.27. The largest absolute Gasteiger partial charge is 0.387 e. The predicted molar refractivity (Wildman–Crippen MR) is 143 cm³/mol. The monoisotopic (exact) mass is 531 g/mol. The molecule has 0 radical (unpaired) electrons. The fourth-order valence-electron chi connectivity index (χ4n) is 4.49. The number of alkyl halides is 1. The average Bonchev–Trinajstić information content (AvgIpc) is 3.58. The number of carbonyl (C=O) groups is 1. The van der Waals surface area contributed by atoms with Gasteiger partial charge in [-0.1, -0.05) is 0 Å². The Labute approximate surface area is 224 Å². The van der Waals surface area contributed by atoms with Crippen LogP contribution in [0.4, 0.5) is 15.8 Å². The number of aliphatic hydroxyl groups is 1. The van der Waals surface area contributed by atoms with Crippen molar-refractivity contribution in [3.8, 4) is 17.5 Å². The van der Waals surface area contributed by atoms with Crippen molar-refractivity contribution >= 4 is 22.8 Å². The van der Waals surface area contributed by atoms with Gasteiger partial charge in [0.25, 0.3) is 5.91 Å². The molecule has 1 aliphatic rings. The van der Waals surface area contributed by atoms with Gasteiger partial charge < -0.3 is 21.1 Å². The summed E-state index contributed by atoms with van der Waals surface area (Å²) in [4.78, 5) is 17.6. The summed E-state index contributed by atoms with van der Waals surface area (Å²) in [5.41, 5.74) is 2.13. The molecule has 0 aromatic carbocycles. The van der Waals surface area contributed by atoms with Crippen LogP contribution >= 0.6 is 0 Å². The molecule has 1 amide bonds. The lowest BCUT2D eigenvalue weighted by molar-refractivity contribution is -0.00177. The number of amides is 1. The molecule has 5 rings (SSSR count). The number of hydrogen-bond acceptors (Lipinski definition) is 8. The standard InChI is InChI=1S/C27H30FN9O2/c1-27(2,39)25(28)15-32-26(38)21-14-31-23(24-4-3-20-9-17(11-29)12-34-37(20)24)10-22(21)35-18-13-33-36(16-18)19-5-7-30-8-6-19/h3-4,9-10,12-14,16,19,25,30,39H,5-8,15H2,1-2H3,(H,31,35)(H,32,38)/t25-/m1/s1. The Hall–Kier alpha value is -4.34. The first-order valence-corrected chi connectivity index (χ1v) is 12.8. The normalized spacial score (nSPS) is 15.2. The lowest BCUT2D eigenvalue weighted by Gasteiger charge is -2.23. The van der Waals surface area contributed by atoms with E-state index in [1.807, 2.05) is 23.0 Å². The molecule has 4 N–H and O–H groups in total. The van der Waals surface area contributed by atoms with Gasteiger partial charge in [0, 0.05) is 12.4 Å². The predicted octanol–water partition coefficient (Wildman–Crippen LogP) is 2.97. The summed E-state index contributed by atoms with van der Waals surface area (Å²) in [5, 5.41) is 37.1. The number of fused-ring (bicyclic) bond motifs is 1. The molecule has 202 valence electrons. The van der Waals surface area contributed by atoms with E-state index in [1.165, 1.54) is 26.2 Å². The van der Waals surface area contributed by atoms with Crippen LogP contribution in [-0.2, 0) is 0 Å². The molecule has 1 aliphatic heterocycles. The number of pyridine rings is 1. The zero-order valence-electron chi connectivity index (χ0n) is 21.7. The summed E-state index contributed by atoms with van der Waals surface area (Å²) in [6.07, 6.45) is 6.80. The van der Waals surface area contributed by atoms with Crippen molar-refractivity contribution in [2.24, 2.45) is 0 Å². The summed E-state index contributed by atoms with van der Waals surface area (Å²) in [5.74, 6) is -0.536. The average molecular weight is 532 g/mol. The van der Waals surface area contributed by atoms with Gasteiger partial charge in [-0.05, 0) is 64.0 Å². The number of nitrogens with zero attached hydrogens (tertiary/aromatic N) is 6. The number of hydrogen-bond donors (Lipinski definition) is 4. The summed E-state index contributed by atoms with van der Waals surface area (Å²) in [7, 11) is 0. The number of nitrogens with one attached hydrogen (secondary N) is 3. The van der Waals surface area contributed by atoms with E-state index in [1.54, 1.807) is 22.8 Å². The van der Waals surface area contributed by atoms with E-state index in [0.717, 1.165) is 31.4 Å². The first kappa shape index (κ1) is 26.3. The quantitative estimate of drug-likeness (QED) is 0.272. The van der Waals surface area contributed by atoms with Gasteiger partial charge in [-0.25, -0.2) is 8.91 Å². The third-order valence-corrected chi connectivity index (χ3v) is 6.81. The molecule has 1 atom stereocenters. The summed E-state index contributed by atoms with van der Waals surface area (Å²) >= 11 is 0. The number of carbonyl (C=O) groups excluding carboxylic acids is 1. The molecule has 0 bridgehead atoms. The van der Waals surface area contributed by atoms with Crippen LogP contribution in [0.25, 0.3) is 16.9 Å². The number of halogens is 1. The van der Waals surface area contributed by atoms with E-state index >= 15 is 0 Å². The Bertz CT molecular complexity index is 1530. The van der Waals surface area contributed by atoms with Gasteiger partial charge in [-0.2, -0.15) is 15.5 Å². The van der Waals surface area contributed by atoms with Crippen molar-refractivity contribution in [2.45, 2.75) is 44.5 Å². The molecule has 0 aliphatic carbocycles. The SMILES string of the molecule is CC(C)(O)[C@H](F)CNC(=O)c1cnc(-c2ccc3cc(C#N)cnn23)cc1Nc1cnn(C2CCNCC2)c1. The van der Waals surface area contributed by atoms with Gasteiger partial charge in [0.05, 0.1) is 70.0 Å². The smallest absolute Gasteiger partial charge is 0.255 e. The first-order valence-electron chi connectivity index (χ1n) is 12.8. The molecule has 39 heavy (non-hydrogen) atoms. The van der Waals surface area contributed by atoms with Crippen molar-refractivity contribution in [2.75, 3.05) is 25.0 Å². The maximum Gasteiger partial charge on any atom is 0.255 e. The summed E-state index contributed by atoms with van der Waals surface area (Å²) in [6.45, 7) is 4.21. The van der Waals surface area contributed by atoms with E-state index in [-0.39, 0.29) is 18.2 Å². The second kappa shape index (κ2) is 10.8. The number of nitriles is 1. The highest BCUT2D eigenvalue weighted by Crippen LogP contribution is 2.28. The third-order valence-electron chi connectivity index (χ3n) is 6.81. The van der Waals surface area contributed by atoms with Crippen LogP contribution in [0.5, 0.6) is 0 Å². The van der Waals surface area contributed by atoms with Crippen LogP contribution in [0, 0.1) is 11.3 Å². The van der Waals surface area contributed by atoms with Gasteiger partial charge in [0.1, 0.15) is 12.2 Å². The molecular weight excluding hydrogens is 501 g/mol. The van der Waals surface area contributed by atoms with Crippen LogP contribution in [0.2, 0.25) is 0 Å². The topological polar surface area (TPSA) is 145 Å². The van der Waals surface area contributed by atoms with Crippen molar-refractivity contribution in [3.63, 3.8) is 0 Å². The summed E-state index contributed by atoms with van der Waals surface area (Å²) < 4.78 is 17.9. The Morgan fingerprint density at radius 3 is 2.79 bits per heavy atom. The maximum absolute atomic E-state index is 14.3. The Morgan fingerprint density at radius 1 is 1.26 bits per heavy atom. The van der Waals surface area contributed by atoms with Crippen LogP contribution in [0.1, 0.15) is 48.7 Å². The van der Waals surface area contributed by atoms with E-state index in [2.05, 4.69) is 37.2 Å². The van der Waals surface area contributed by atoms with Crippen LogP contribution in [0.15, 0.2) is 49.1 Å². The minimum absolute atomic E-state index is 0.205. The number of anilines is 2. The Balaban J connectivity index is 1.47. The molecule has 11 nitrogen and oxygen atoms in total. The van der Waals surface area contributed by atoms with E-state index in [4.69, 9.17) is 0 Å². The molecule has 1 saturated heterocycles. The van der Waals surface area contributed by atoms with Gasteiger partial charge in [-0.3, -0.25) is 14.5 Å². The fraction of sp³-hybridized carbons (Fsp3) is 0.370. The van der Waals surface area contributed by atoms with Gasteiger partial charge in [0.2, 0.25) is 0 Å². The van der Waals surface area contributed by atoms with E-state index in [0.29, 0.717) is 28.3 Å². The fourth-order valence-corrected chi connectivity index (χ4v) is 4.49. The van der Waals surface area contributed by atoms with Crippen molar-refractivity contribution < 1.29 is 14.3 Å². The highest BCUT2D eigenvalue weighted by atomic mass is 19.1. The van der Waals surface area contributed by atoms with Gasteiger partial charge in [-0.15, -0.1) is 0 Å². The molecular formula is C27H30FN9O2. The zero-order chi connectivity index (χ0) is 27.6. The lowest BCUT2D eigenvalue weighted by Crippen LogP contribution is -2.42. The van der Waals surface area contributed by atoms with Crippen LogP contribution in [-0.4, -0.2) is 66.8 Å². The van der Waals surface area contributed by atoms with Crippen LogP contribution in [0.3, 0.4) is 0 Å². The lowest BCUT2D eigenvalue weighted by atomic mass is 10.0. The molecule has 4 aromatic rings. The van der Waals surface area contributed by atoms with E-state index < -0.39 is 17.7 Å². The Kier molecular flexibility index (Phi) is 7.28. The molecule has 1 fully saturated rings. The third kappa shape index (κ3) is 5.74. The second-order valence-electron chi connectivity index (χ2n) is 10.2. The molecule has 5 heterocycles. The Morgan fingerprint density at radius 2 is 2.05 bits per heavy atom. The van der Waals surface area contributed by atoms with Crippen molar-refractivity contribution in [1.82, 2.24) is 35.0 Å². The highest BCUT2D eigenvalue weighted by molar-refractivity contribution is 6.00. The number of rotatable bonds is 8. The molecule has 4 aromatic heterocycles. The second-order valence-corrected chi connectivity index (χ2v) is 10.2. The van der Waals surface area contributed by atoms with Gasteiger partial charge >= 0.3 is 0 Å². The van der Waals surface area contributed by atoms with Crippen molar-refractivity contribution in [3.05, 3.63) is 60.2 Å². The van der Waals surface area contributed by atoms with Crippen molar-refractivity contribution in [1.29, 1.82) is 5.26 Å². The molecule has 0 saturated carbocycles. The minimum Gasteiger partial charge on any atom is -0.387 e. The van der Waals surface area contributed by atoms with Crippen LogP contribution < -0.4 is 16.0 Å². The number of piperidine rings is 1. The minimum atomic E-state index is -1.65. The number of aromatic nitrogens is 5. The molecule has 0 spiro atoms.